The van der Waals surface area contributed by atoms with E-state index in [-0.39, 0.29) is 32.5 Å². The third-order valence-corrected chi connectivity index (χ3v) is 2.06. The van der Waals surface area contributed by atoms with Crippen LogP contribution in [0.25, 0.3) is 0 Å². The third-order valence-electron chi connectivity index (χ3n) is 2.06. The molecule has 0 aliphatic rings. The number of carbonyl (C=O) groups excluding carboxylic acids is 1. The summed E-state index contributed by atoms with van der Waals surface area (Å²) in [6.45, 7) is 7.11. The molecule has 0 saturated heterocycles. The molecule has 0 unspecified atom stereocenters. The first-order valence-corrected chi connectivity index (χ1v) is 7.05. The molecule has 8 nitrogen and oxygen atoms in total. The van der Waals surface area contributed by atoms with E-state index >= 15 is 0 Å². The molecule has 0 radical (unpaired) electrons. The Bertz CT molecular complexity index is 243. The molecule has 0 bridgehead atoms. The summed E-state index contributed by atoms with van der Waals surface area (Å²) in [5.74, 6) is -0.454. The summed E-state index contributed by atoms with van der Waals surface area (Å²) >= 11 is 0. The molecule has 0 fully saturated rings. The first-order valence-electron chi connectivity index (χ1n) is 7.05. The van der Waals surface area contributed by atoms with Crippen molar-refractivity contribution in [3.63, 3.8) is 0 Å². The van der Waals surface area contributed by atoms with Crippen molar-refractivity contribution in [2.45, 2.75) is 13.0 Å². The molecule has 0 rings (SSSR count). The molecular formula is C14H28O8. The van der Waals surface area contributed by atoms with Gasteiger partial charge in [-0.3, -0.25) is 0 Å². The van der Waals surface area contributed by atoms with Crippen LogP contribution in [0.15, 0.2) is 12.7 Å². The summed E-state index contributed by atoms with van der Waals surface area (Å²) in [7, 11) is 0. The van der Waals surface area contributed by atoms with Crippen LogP contribution < -0.4 is 0 Å². The Labute approximate surface area is 131 Å². The number of esters is 1. The highest BCUT2D eigenvalue weighted by atomic mass is 16.6. The molecule has 3 N–H and O–H groups in total. The predicted molar refractivity (Wildman–Crippen MR) is 79.5 cm³/mol. The van der Waals surface area contributed by atoms with Crippen molar-refractivity contribution in [1.82, 2.24) is 0 Å². The predicted octanol–water partition coefficient (Wildman–Crippen LogP) is -0.883. The molecule has 132 valence electrons. The molecule has 0 aromatic rings. The Kier molecular flexibility index (Phi) is 21.1. The Morgan fingerprint density at radius 1 is 1.05 bits per heavy atom. The van der Waals surface area contributed by atoms with Crippen LogP contribution in [0.3, 0.4) is 0 Å². The molecule has 0 atom stereocenters. The van der Waals surface area contributed by atoms with E-state index in [1.165, 1.54) is 0 Å². The van der Waals surface area contributed by atoms with E-state index in [1.807, 2.05) is 6.92 Å². The molecule has 0 aliphatic heterocycles. The molecule has 8 heteroatoms. The Morgan fingerprint density at radius 3 is 2.00 bits per heavy atom. The molecule has 0 saturated carbocycles. The summed E-state index contributed by atoms with van der Waals surface area (Å²) in [5, 5.41) is 25.1. The van der Waals surface area contributed by atoms with E-state index in [0.717, 1.165) is 6.08 Å². The highest BCUT2D eigenvalue weighted by Crippen LogP contribution is 1.86. The highest BCUT2D eigenvalue weighted by Gasteiger charge is 2.01. The molecule has 0 spiro atoms. The SMILES string of the molecule is C=CC(=O)OCCOCCOCCO.CCOC(CO)CO. The van der Waals surface area contributed by atoms with E-state index < -0.39 is 5.97 Å². The lowest BCUT2D eigenvalue weighted by Crippen LogP contribution is -2.21. The van der Waals surface area contributed by atoms with Gasteiger partial charge in [0.15, 0.2) is 0 Å². The van der Waals surface area contributed by atoms with Gasteiger partial charge in [0.05, 0.1) is 46.2 Å². The summed E-state index contributed by atoms with van der Waals surface area (Å²) < 4.78 is 19.5. The van der Waals surface area contributed by atoms with Crippen molar-refractivity contribution in [3.8, 4) is 0 Å². The van der Waals surface area contributed by atoms with Crippen molar-refractivity contribution in [3.05, 3.63) is 12.7 Å². The Morgan fingerprint density at radius 2 is 1.59 bits per heavy atom. The van der Waals surface area contributed by atoms with Gasteiger partial charge < -0.3 is 34.3 Å². The van der Waals surface area contributed by atoms with Gasteiger partial charge in [-0.05, 0) is 6.92 Å². The highest BCUT2D eigenvalue weighted by molar-refractivity contribution is 5.81. The third kappa shape index (κ3) is 19.0. The lowest BCUT2D eigenvalue weighted by atomic mass is 10.4. The zero-order valence-electron chi connectivity index (χ0n) is 13.1. The van der Waals surface area contributed by atoms with Crippen molar-refractivity contribution in [1.29, 1.82) is 0 Å². The number of carbonyl (C=O) groups is 1. The van der Waals surface area contributed by atoms with Gasteiger partial charge in [0.25, 0.3) is 0 Å². The van der Waals surface area contributed by atoms with Gasteiger partial charge >= 0.3 is 5.97 Å². The molecular weight excluding hydrogens is 296 g/mol. The summed E-state index contributed by atoms with van der Waals surface area (Å²) in [5.41, 5.74) is 0. The quantitative estimate of drug-likeness (QED) is 0.227. The summed E-state index contributed by atoms with van der Waals surface area (Å²) in [6, 6.07) is 0. The lowest BCUT2D eigenvalue weighted by Gasteiger charge is -2.08. The number of hydrogen-bond donors (Lipinski definition) is 3. The number of hydrogen-bond acceptors (Lipinski definition) is 8. The number of rotatable bonds is 13. The fourth-order valence-corrected chi connectivity index (χ4v) is 1.05. The zero-order valence-corrected chi connectivity index (χ0v) is 13.1. The van der Waals surface area contributed by atoms with Crippen molar-refractivity contribution in [2.75, 3.05) is 59.5 Å². The second-order valence-corrected chi connectivity index (χ2v) is 3.76. The van der Waals surface area contributed by atoms with Crippen LogP contribution in [0.5, 0.6) is 0 Å². The first kappa shape index (κ1) is 23.2. The maximum Gasteiger partial charge on any atom is 0.330 e. The van der Waals surface area contributed by atoms with Crippen LogP contribution in [-0.4, -0.2) is 86.9 Å². The second kappa shape index (κ2) is 20.0. The van der Waals surface area contributed by atoms with Crippen LogP contribution in [0.1, 0.15) is 6.92 Å². The van der Waals surface area contributed by atoms with Gasteiger partial charge in [-0.25, -0.2) is 4.79 Å². The molecule has 0 aliphatic carbocycles. The van der Waals surface area contributed by atoms with Gasteiger partial charge in [0, 0.05) is 12.7 Å². The molecule has 0 heterocycles. The van der Waals surface area contributed by atoms with E-state index in [9.17, 15) is 4.79 Å². The minimum atomic E-state index is -0.454. The van der Waals surface area contributed by atoms with Crippen molar-refractivity contribution >= 4 is 5.97 Å². The van der Waals surface area contributed by atoms with E-state index in [1.54, 1.807) is 0 Å². The normalized spacial score (nSPS) is 10.0. The van der Waals surface area contributed by atoms with Crippen LogP contribution in [0, 0.1) is 0 Å². The largest absolute Gasteiger partial charge is 0.460 e. The molecule has 0 aromatic heterocycles. The van der Waals surface area contributed by atoms with E-state index in [2.05, 4.69) is 11.3 Å². The maximum absolute atomic E-state index is 10.5. The Balaban J connectivity index is 0. The lowest BCUT2D eigenvalue weighted by molar-refractivity contribution is -0.139. The standard InChI is InChI=1S/C9H16O5.C5H12O3/c1-2-9(11)14-8-7-13-6-5-12-4-3-10;1-2-8-5(3-6)4-7/h2,10H,1,3-8H2;5-7H,2-4H2,1H3. The molecule has 0 aromatic carbocycles. The average Bonchev–Trinajstić information content (AvgIpc) is 2.55. The van der Waals surface area contributed by atoms with Gasteiger partial charge in [0.1, 0.15) is 12.7 Å². The monoisotopic (exact) mass is 324 g/mol. The Hall–Kier alpha value is -1.03. The van der Waals surface area contributed by atoms with Crippen molar-refractivity contribution in [2.24, 2.45) is 0 Å². The van der Waals surface area contributed by atoms with Crippen LogP contribution in [0.4, 0.5) is 0 Å². The van der Waals surface area contributed by atoms with Gasteiger partial charge in [-0.2, -0.15) is 0 Å². The topological polar surface area (TPSA) is 115 Å². The summed E-state index contributed by atoms with van der Waals surface area (Å²) in [4.78, 5) is 10.5. The van der Waals surface area contributed by atoms with E-state index in [0.29, 0.717) is 33.0 Å². The molecule has 0 amide bonds. The second-order valence-electron chi connectivity index (χ2n) is 3.76. The average molecular weight is 324 g/mol. The fourth-order valence-electron chi connectivity index (χ4n) is 1.05. The van der Waals surface area contributed by atoms with Gasteiger partial charge in [-0.1, -0.05) is 6.58 Å². The van der Waals surface area contributed by atoms with E-state index in [4.69, 9.17) is 29.5 Å². The summed E-state index contributed by atoms with van der Waals surface area (Å²) in [6.07, 6.45) is 0.713. The van der Waals surface area contributed by atoms with Crippen molar-refractivity contribution < 1.29 is 39.1 Å². The minimum Gasteiger partial charge on any atom is -0.460 e. The first-order chi connectivity index (χ1) is 10.7. The number of aliphatic hydroxyl groups excluding tert-OH is 3. The maximum atomic E-state index is 10.5. The minimum absolute atomic E-state index is 0.0109. The van der Waals surface area contributed by atoms with Gasteiger partial charge in [-0.15, -0.1) is 0 Å². The zero-order chi connectivity index (χ0) is 17.1. The van der Waals surface area contributed by atoms with Gasteiger partial charge in [0.2, 0.25) is 0 Å². The number of aliphatic hydroxyl groups is 3. The van der Waals surface area contributed by atoms with Crippen LogP contribution >= 0.6 is 0 Å². The smallest absolute Gasteiger partial charge is 0.330 e. The molecule has 22 heavy (non-hydrogen) atoms. The van der Waals surface area contributed by atoms with Crippen LogP contribution in [-0.2, 0) is 23.7 Å². The number of ether oxygens (including phenoxy) is 4. The van der Waals surface area contributed by atoms with Crippen LogP contribution in [0.2, 0.25) is 0 Å². The fraction of sp³-hybridized carbons (Fsp3) is 0.786.